The fourth-order valence-electron chi connectivity index (χ4n) is 1.85. The number of ether oxygens (including phenoxy) is 3. The van der Waals surface area contributed by atoms with Crippen molar-refractivity contribution in [3.8, 4) is 17.2 Å². The van der Waals surface area contributed by atoms with Gasteiger partial charge in [0, 0.05) is 6.04 Å². The molecule has 6 heteroatoms. The van der Waals surface area contributed by atoms with Gasteiger partial charge in [-0.25, -0.2) is 0 Å². The monoisotopic (exact) mass is 281 g/mol. The van der Waals surface area contributed by atoms with Crippen LogP contribution in [0.15, 0.2) is 18.2 Å². The van der Waals surface area contributed by atoms with Gasteiger partial charge >= 0.3 is 5.97 Å². The molecule has 1 saturated carbocycles. The second-order valence-corrected chi connectivity index (χ2v) is 4.63. The van der Waals surface area contributed by atoms with Crippen molar-refractivity contribution in [3.63, 3.8) is 0 Å². The molecule has 1 aliphatic carbocycles. The van der Waals surface area contributed by atoms with E-state index in [4.69, 9.17) is 14.2 Å². The van der Waals surface area contributed by atoms with Crippen LogP contribution in [0.1, 0.15) is 12.8 Å². The number of methoxy groups -OCH3 is 2. The van der Waals surface area contributed by atoms with Crippen molar-refractivity contribution in [1.82, 2.24) is 5.32 Å². The molecule has 0 aliphatic heterocycles. The highest BCUT2D eigenvalue weighted by Crippen LogP contribution is 2.36. The van der Waals surface area contributed by atoms with E-state index in [2.05, 4.69) is 5.32 Å². The van der Waals surface area contributed by atoms with Crippen molar-refractivity contribution in [2.45, 2.75) is 24.9 Å². The van der Waals surface area contributed by atoms with E-state index in [1.165, 1.54) is 14.2 Å². The lowest BCUT2D eigenvalue weighted by molar-refractivity contribution is -0.140. The van der Waals surface area contributed by atoms with Gasteiger partial charge in [-0.3, -0.25) is 10.1 Å². The normalized spacial score (nSPS) is 15.5. The average molecular weight is 281 g/mol. The number of carboxylic acid groups (broad SMARTS) is 1. The topological polar surface area (TPSA) is 77.0 Å². The molecule has 0 amide bonds. The molecule has 0 aromatic heterocycles. The zero-order valence-corrected chi connectivity index (χ0v) is 11.6. The van der Waals surface area contributed by atoms with E-state index < -0.39 is 12.0 Å². The number of hydrogen-bond donors (Lipinski definition) is 2. The minimum atomic E-state index is -0.925. The predicted octanol–water partition coefficient (Wildman–Crippen LogP) is 1.29. The summed E-state index contributed by atoms with van der Waals surface area (Å²) < 4.78 is 16.0. The maximum atomic E-state index is 11.2. The van der Waals surface area contributed by atoms with Gasteiger partial charge in [-0.2, -0.15) is 0 Å². The Hall–Kier alpha value is -1.95. The SMILES string of the molecule is COc1cccc(OC)c1OCC(NC1CC1)C(=O)O. The molecule has 1 unspecified atom stereocenters. The summed E-state index contributed by atoms with van der Waals surface area (Å²) in [5, 5.41) is 12.2. The standard InChI is InChI=1S/C14H19NO5/c1-18-11-4-3-5-12(19-2)13(11)20-8-10(14(16)17)15-9-6-7-9/h3-5,9-10,15H,6-8H2,1-2H3,(H,16,17). The van der Waals surface area contributed by atoms with E-state index in [-0.39, 0.29) is 6.61 Å². The number of rotatable bonds is 8. The summed E-state index contributed by atoms with van der Waals surface area (Å²) >= 11 is 0. The van der Waals surface area contributed by atoms with Crippen LogP contribution in [0.4, 0.5) is 0 Å². The highest BCUT2D eigenvalue weighted by molar-refractivity contribution is 5.73. The van der Waals surface area contributed by atoms with Crippen LogP contribution in [0.5, 0.6) is 17.2 Å². The van der Waals surface area contributed by atoms with Crippen molar-refractivity contribution in [2.75, 3.05) is 20.8 Å². The van der Waals surface area contributed by atoms with Crippen LogP contribution in [-0.4, -0.2) is 44.0 Å². The van der Waals surface area contributed by atoms with Crippen LogP contribution >= 0.6 is 0 Å². The number of hydrogen-bond acceptors (Lipinski definition) is 5. The largest absolute Gasteiger partial charge is 0.493 e. The molecule has 1 atom stereocenters. The van der Waals surface area contributed by atoms with Gasteiger partial charge in [0.2, 0.25) is 5.75 Å². The molecule has 0 saturated heterocycles. The molecular formula is C14H19NO5. The number of benzene rings is 1. The van der Waals surface area contributed by atoms with Crippen LogP contribution in [-0.2, 0) is 4.79 Å². The van der Waals surface area contributed by atoms with Gasteiger partial charge in [0.15, 0.2) is 11.5 Å². The third kappa shape index (κ3) is 3.54. The summed E-state index contributed by atoms with van der Waals surface area (Å²) in [6.07, 6.45) is 2.03. The Kier molecular flexibility index (Phi) is 4.68. The molecule has 1 aromatic rings. The fraction of sp³-hybridized carbons (Fsp3) is 0.500. The zero-order chi connectivity index (χ0) is 14.5. The van der Waals surface area contributed by atoms with E-state index in [1.54, 1.807) is 18.2 Å². The summed E-state index contributed by atoms with van der Waals surface area (Å²) in [4.78, 5) is 11.2. The van der Waals surface area contributed by atoms with Gasteiger partial charge in [0.05, 0.1) is 14.2 Å². The molecule has 20 heavy (non-hydrogen) atoms. The molecule has 0 spiro atoms. The summed E-state index contributed by atoms with van der Waals surface area (Å²) in [5.74, 6) is 0.520. The molecule has 0 radical (unpaired) electrons. The van der Waals surface area contributed by atoms with E-state index in [1.807, 2.05) is 0 Å². The van der Waals surface area contributed by atoms with Crippen molar-refractivity contribution < 1.29 is 24.1 Å². The first-order valence-corrected chi connectivity index (χ1v) is 6.48. The van der Waals surface area contributed by atoms with Crippen LogP contribution in [0.25, 0.3) is 0 Å². The minimum Gasteiger partial charge on any atom is -0.493 e. The Morgan fingerprint density at radius 3 is 2.40 bits per heavy atom. The molecule has 0 heterocycles. The van der Waals surface area contributed by atoms with Gasteiger partial charge in [-0.15, -0.1) is 0 Å². The van der Waals surface area contributed by atoms with Gasteiger partial charge in [-0.05, 0) is 25.0 Å². The third-order valence-corrected chi connectivity index (χ3v) is 3.09. The molecule has 2 N–H and O–H groups in total. The van der Waals surface area contributed by atoms with E-state index in [0.717, 1.165) is 12.8 Å². The van der Waals surface area contributed by atoms with Crippen molar-refractivity contribution in [2.24, 2.45) is 0 Å². The Bertz CT molecular complexity index is 450. The number of carbonyl (C=O) groups is 1. The number of nitrogens with one attached hydrogen (secondary N) is 1. The summed E-state index contributed by atoms with van der Waals surface area (Å²) in [6, 6.07) is 4.81. The summed E-state index contributed by atoms with van der Waals surface area (Å²) in [7, 11) is 3.05. The molecule has 2 rings (SSSR count). The van der Waals surface area contributed by atoms with Crippen molar-refractivity contribution in [1.29, 1.82) is 0 Å². The van der Waals surface area contributed by atoms with Gasteiger partial charge < -0.3 is 19.3 Å². The van der Waals surface area contributed by atoms with Gasteiger partial charge in [-0.1, -0.05) is 6.07 Å². The third-order valence-electron chi connectivity index (χ3n) is 3.09. The Morgan fingerprint density at radius 1 is 1.35 bits per heavy atom. The first kappa shape index (κ1) is 14.5. The van der Waals surface area contributed by atoms with E-state index >= 15 is 0 Å². The highest BCUT2D eigenvalue weighted by atomic mass is 16.5. The lowest BCUT2D eigenvalue weighted by Crippen LogP contribution is -2.42. The number of aliphatic carboxylic acids is 1. The number of para-hydroxylation sites is 1. The van der Waals surface area contributed by atoms with Crippen LogP contribution in [0.2, 0.25) is 0 Å². The highest BCUT2D eigenvalue weighted by Gasteiger charge is 2.29. The molecule has 1 aliphatic rings. The fourth-order valence-corrected chi connectivity index (χ4v) is 1.85. The lowest BCUT2D eigenvalue weighted by Gasteiger charge is -2.18. The smallest absolute Gasteiger partial charge is 0.324 e. The summed E-state index contributed by atoms with van der Waals surface area (Å²) in [6.45, 7) is 0.0164. The first-order valence-electron chi connectivity index (χ1n) is 6.48. The lowest BCUT2D eigenvalue weighted by atomic mass is 10.2. The molecular weight excluding hydrogens is 262 g/mol. The van der Waals surface area contributed by atoms with Crippen molar-refractivity contribution in [3.05, 3.63) is 18.2 Å². The second-order valence-electron chi connectivity index (χ2n) is 4.63. The molecule has 1 aromatic carbocycles. The van der Waals surface area contributed by atoms with Gasteiger partial charge in [0.1, 0.15) is 12.6 Å². The van der Waals surface area contributed by atoms with E-state index in [0.29, 0.717) is 23.3 Å². The quantitative estimate of drug-likeness (QED) is 0.747. The average Bonchev–Trinajstić information content (AvgIpc) is 3.26. The van der Waals surface area contributed by atoms with E-state index in [9.17, 15) is 9.90 Å². The first-order chi connectivity index (χ1) is 9.65. The summed E-state index contributed by atoms with van der Waals surface area (Å²) in [5.41, 5.74) is 0. The Balaban J connectivity index is 2.05. The van der Waals surface area contributed by atoms with Crippen LogP contribution in [0.3, 0.4) is 0 Å². The van der Waals surface area contributed by atoms with Gasteiger partial charge in [0.25, 0.3) is 0 Å². The second kappa shape index (κ2) is 6.47. The Labute approximate surface area is 117 Å². The minimum absolute atomic E-state index is 0.0164. The molecule has 0 bridgehead atoms. The van der Waals surface area contributed by atoms with Crippen molar-refractivity contribution >= 4 is 5.97 Å². The maximum Gasteiger partial charge on any atom is 0.324 e. The molecule has 6 nitrogen and oxygen atoms in total. The molecule has 110 valence electrons. The van der Waals surface area contributed by atoms with Crippen LogP contribution < -0.4 is 19.5 Å². The Morgan fingerprint density at radius 2 is 1.95 bits per heavy atom. The molecule has 1 fully saturated rings. The van der Waals surface area contributed by atoms with Crippen LogP contribution in [0, 0.1) is 0 Å². The predicted molar refractivity (Wildman–Crippen MR) is 72.6 cm³/mol. The zero-order valence-electron chi connectivity index (χ0n) is 11.6. The maximum absolute atomic E-state index is 11.2. The number of carboxylic acids is 1.